The average Bonchev–Trinajstić information content (AvgIpc) is 2.69. The molecule has 1 aromatic carbocycles. The van der Waals surface area contributed by atoms with Crippen molar-refractivity contribution in [2.75, 3.05) is 31.7 Å². The number of ether oxygens (including phenoxy) is 1. The second-order valence-electron chi connectivity index (χ2n) is 6.25. The number of nitrogens with zero attached hydrogens (tertiary/aromatic N) is 4. The van der Waals surface area contributed by atoms with Crippen molar-refractivity contribution in [2.45, 2.75) is 19.3 Å². The molecule has 0 radical (unpaired) electrons. The Kier molecular flexibility index (Phi) is 6.66. The van der Waals surface area contributed by atoms with Crippen molar-refractivity contribution in [1.29, 1.82) is 0 Å². The van der Waals surface area contributed by atoms with Gasteiger partial charge in [0.25, 0.3) is 0 Å². The lowest BCUT2D eigenvalue weighted by Crippen LogP contribution is -2.35. The van der Waals surface area contributed by atoms with Gasteiger partial charge < -0.3 is 14.5 Å². The molecule has 1 aliphatic rings. The van der Waals surface area contributed by atoms with Gasteiger partial charge in [0.15, 0.2) is 0 Å². The number of hydrogen-bond acceptors (Lipinski definition) is 6. The van der Waals surface area contributed by atoms with Crippen molar-refractivity contribution in [2.24, 2.45) is 11.1 Å². The topological polar surface area (TPSA) is 59.8 Å². The zero-order valence-electron chi connectivity index (χ0n) is 14.8. The summed E-state index contributed by atoms with van der Waals surface area (Å²) in [6.07, 6.45) is 8.28. The molecule has 0 atom stereocenters. The summed E-state index contributed by atoms with van der Waals surface area (Å²) in [5.41, 5.74) is 0.982. The van der Waals surface area contributed by atoms with Gasteiger partial charge in [-0.2, -0.15) is 0 Å². The number of halogens is 1. The first-order valence-corrected chi connectivity index (χ1v) is 9.14. The van der Waals surface area contributed by atoms with Crippen LogP contribution >= 0.6 is 11.6 Å². The minimum absolute atomic E-state index is 0.569. The van der Waals surface area contributed by atoms with Crippen molar-refractivity contribution in [3.05, 3.63) is 47.2 Å². The fourth-order valence-electron chi connectivity index (χ4n) is 3.00. The summed E-state index contributed by atoms with van der Waals surface area (Å²) >= 11 is 5.84. The van der Waals surface area contributed by atoms with E-state index in [9.17, 15) is 0 Å². The van der Waals surface area contributed by atoms with Crippen molar-refractivity contribution in [3.8, 4) is 5.75 Å². The Balaban J connectivity index is 1.38. The predicted octanol–water partition coefficient (Wildman–Crippen LogP) is 3.80. The third-order valence-electron chi connectivity index (χ3n) is 4.49. The minimum atomic E-state index is 0.569. The van der Waals surface area contributed by atoms with Crippen LogP contribution in [-0.2, 0) is 4.84 Å². The summed E-state index contributed by atoms with van der Waals surface area (Å²) in [5, 5.41) is 4.31. The smallest absolute Gasteiger partial charge is 0.225 e. The highest BCUT2D eigenvalue weighted by molar-refractivity contribution is 6.30. The number of piperidine rings is 1. The Bertz CT molecular complexity index is 698. The van der Waals surface area contributed by atoms with Crippen LogP contribution in [0.15, 0.2) is 41.8 Å². The fraction of sp³-hybridized carbons (Fsp3) is 0.421. The van der Waals surface area contributed by atoms with Crippen molar-refractivity contribution in [1.82, 2.24) is 9.97 Å². The molecule has 7 heteroatoms. The molecule has 1 aliphatic heterocycles. The van der Waals surface area contributed by atoms with E-state index < -0.39 is 0 Å². The highest BCUT2D eigenvalue weighted by Gasteiger charge is 2.20. The van der Waals surface area contributed by atoms with Crippen molar-refractivity contribution < 1.29 is 9.57 Å². The van der Waals surface area contributed by atoms with E-state index in [4.69, 9.17) is 16.3 Å². The molecule has 1 aromatic heterocycles. The number of rotatable bonds is 7. The molecular weight excluding hydrogens is 352 g/mol. The van der Waals surface area contributed by atoms with Gasteiger partial charge in [0.1, 0.15) is 12.9 Å². The van der Waals surface area contributed by atoms with Gasteiger partial charge in [0.05, 0.1) is 30.2 Å². The van der Waals surface area contributed by atoms with Gasteiger partial charge in [-0.15, -0.1) is 0 Å². The Morgan fingerprint density at radius 3 is 2.54 bits per heavy atom. The van der Waals surface area contributed by atoms with Crippen molar-refractivity contribution >= 4 is 23.8 Å². The predicted molar refractivity (Wildman–Crippen MR) is 103 cm³/mol. The van der Waals surface area contributed by atoms with Gasteiger partial charge in [0, 0.05) is 13.1 Å². The maximum absolute atomic E-state index is 5.86. The van der Waals surface area contributed by atoms with E-state index in [1.807, 2.05) is 24.3 Å². The number of aromatic nitrogens is 2. The Hall–Kier alpha value is -2.34. The van der Waals surface area contributed by atoms with Crippen LogP contribution in [0.4, 0.5) is 5.95 Å². The second kappa shape index (κ2) is 9.38. The van der Waals surface area contributed by atoms with E-state index in [1.54, 1.807) is 18.6 Å². The first-order chi connectivity index (χ1) is 12.7. The molecule has 0 amide bonds. The molecule has 0 aliphatic carbocycles. The number of hydrogen-bond donors (Lipinski definition) is 0. The van der Waals surface area contributed by atoms with Gasteiger partial charge >= 0.3 is 0 Å². The zero-order chi connectivity index (χ0) is 18.2. The van der Waals surface area contributed by atoms with Crippen LogP contribution in [0.1, 0.15) is 24.8 Å². The van der Waals surface area contributed by atoms with Gasteiger partial charge in [-0.25, -0.2) is 9.97 Å². The number of benzene rings is 1. The maximum atomic E-state index is 5.86. The molecule has 6 nitrogen and oxygen atoms in total. The summed E-state index contributed by atoms with van der Waals surface area (Å²) in [4.78, 5) is 15.5. The molecule has 138 valence electrons. The van der Waals surface area contributed by atoms with Crippen LogP contribution in [0.5, 0.6) is 5.75 Å². The summed E-state index contributed by atoms with van der Waals surface area (Å²) < 4.78 is 5.86. The van der Waals surface area contributed by atoms with Crippen LogP contribution in [0.2, 0.25) is 5.02 Å². The standard InChI is InChI=1S/C19H23ClN4O2/c1-25-23-12-16-2-4-18(5-3-16)26-11-8-15-6-9-24(10-7-15)19-21-13-17(20)14-22-19/h2-5,12-15H,6-11H2,1H3/b23-12+. The zero-order valence-corrected chi connectivity index (χ0v) is 15.6. The quantitative estimate of drug-likeness (QED) is 0.545. The highest BCUT2D eigenvalue weighted by atomic mass is 35.5. The third kappa shape index (κ3) is 5.33. The molecule has 0 saturated carbocycles. The molecule has 1 saturated heterocycles. The monoisotopic (exact) mass is 374 g/mol. The lowest BCUT2D eigenvalue weighted by molar-refractivity contribution is 0.215. The third-order valence-corrected chi connectivity index (χ3v) is 4.68. The fourth-order valence-corrected chi connectivity index (χ4v) is 3.10. The van der Waals surface area contributed by atoms with Gasteiger partial charge in [-0.3, -0.25) is 0 Å². The summed E-state index contributed by atoms with van der Waals surface area (Å²) in [7, 11) is 1.53. The lowest BCUT2D eigenvalue weighted by Gasteiger charge is -2.31. The van der Waals surface area contributed by atoms with Gasteiger partial charge in [0.2, 0.25) is 5.95 Å². The van der Waals surface area contributed by atoms with Crippen LogP contribution < -0.4 is 9.64 Å². The average molecular weight is 375 g/mol. The second-order valence-corrected chi connectivity index (χ2v) is 6.69. The van der Waals surface area contributed by atoms with E-state index in [0.29, 0.717) is 10.9 Å². The van der Waals surface area contributed by atoms with E-state index in [1.165, 1.54) is 7.11 Å². The number of anilines is 1. The van der Waals surface area contributed by atoms with E-state index >= 15 is 0 Å². The molecule has 1 fully saturated rings. The van der Waals surface area contributed by atoms with Gasteiger partial charge in [-0.05, 0) is 55.0 Å². The molecule has 2 aromatic rings. The van der Waals surface area contributed by atoms with Crippen LogP contribution in [-0.4, -0.2) is 43.0 Å². The molecule has 0 unspecified atom stereocenters. The molecule has 0 spiro atoms. The van der Waals surface area contributed by atoms with E-state index in [-0.39, 0.29) is 0 Å². The van der Waals surface area contributed by atoms with E-state index in [0.717, 1.165) is 56.2 Å². The molecule has 0 N–H and O–H groups in total. The molecule has 3 rings (SSSR count). The van der Waals surface area contributed by atoms with Crippen molar-refractivity contribution in [3.63, 3.8) is 0 Å². The van der Waals surface area contributed by atoms with E-state index in [2.05, 4.69) is 24.9 Å². The lowest BCUT2D eigenvalue weighted by atomic mass is 9.94. The largest absolute Gasteiger partial charge is 0.494 e. The SMILES string of the molecule is CO/N=C/c1ccc(OCCC2CCN(c3ncc(Cl)cn3)CC2)cc1. The summed E-state index contributed by atoms with van der Waals surface area (Å²) in [5.74, 6) is 2.32. The normalized spacial score (nSPS) is 15.4. The van der Waals surface area contributed by atoms with Crippen LogP contribution in [0.25, 0.3) is 0 Å². The Morgan fingerprint density at radius 1 is 1.19 bits per heavy atom. The molecule has 2 heterocycles. The first kappa shape index (κ1) is 18.5. The molecule has 0 bridgehead atoms. The summed E-state index contributed by atoms with van der Waals surface area (Å²) in [6, 6.07) is 7.83. The maximum Gasteiger partial charge on any atom is 0.225 e. The van der Waals surface area contributed by atoms with Crippen LogP contribution in [0, 0.1) is 5.92 Å². The number of oxime groups is 1. The van der Waals surface area contributed by atoms with Crippen LogP contribution in [0.3, 0.4) is 0 Å². The van der Waals surface area contributed by atoms with Gasteiger partial charge in [-0.1, -0.05) is 16.8 Å². The highest BCUT2D eigenvalue weighted by Crippen LogP contribution is 2.24. The Morgan fingerprint density at radius 2 is 1.88 bits per heavy atom. The Labute approximate surface area is 158 Å². The molecule has 26 heavy (non-hydrogen) atoms. The first-order valence-electron chi connectivity index (χ1n) is 8.76. The minimum Gasteiger partial charge on any atom is -0.494 e. The molecular formula is C19H23ClN4O2. The summed E-state index contributed by atoms with van der Waals surface area (Å²) in [6.45, 7) is 2.67.